The summed E-state index contributed by atoms with van der Waals surface area (Å²) in [5.74, 6) is 0.454. The number of rotatable bonds is 3. The molecule has 1 aromatic carbocycles. The molecule has 0 aliphatic carbocycles. The molecular weight excluding hydrogens is 366 g/mol. The first kappa shape index (κ1) is 15.1. The first-order valence-electron chi connectivity index (χ1n) is 6.68. The summed E-state index contributed by atoms with van der Waals surface area (Å²) in [5.41, 5.74) is 0.669. The lowest BCUT2D eigenvalue weighted by molar-refractivity contribution is -0.111. The van der Waals surface area contributed by atoms with Crippen molar-refractivity contribution < 1.29 is 14.3 Å². The number of hydrogen-bond acceptors (Lipinski definition) is 4. The van der Waals surface area contributed by atoms with E-state index in [-0.39, 0.29) is 5.91 Å². The lowest BCUT2D eigenvalue weighted by Crippen LogP contribution is -2.29. The lowest BCUT2D eigenvalue weighted by Gasteiger charge is -2.16. The first-order chi connectivity index (χ1) is 10.4. The molecule has 0 fully saturated rings. The van der Waals surface area contributed by atoms with Crippen molar-refractivity contribution in [3.05, 3.63) is 45.1 Å². The zero-order chi connectivity index (χ0) is 15.7. The smallest absolute Gasteiger partial charge is 0.248 e. The molecule has 2 aromatic rings. The topological polar surface area (TPSA) is 47.6 Å². The highest BCUT2D eigenvalue weighted by atomic mass is 79.9. The maximum atomic E-state index is 11.9. The van der Waals surface area contributed by atoms with Crippen LogP contribution in [0.15, 0.2) is 40.2 Å². The van der Waals surface area contributed by atoms with Crippen molar-refractivity contribution in [2.75, 3.05) is 5.32 Å². The van der Waals surface area contributed by atoms with Crippen molar-refractivity contribution >= 4 is 44.9 Å². The summed E-state index contributed by atoms with van der Waals surface area (Å²) in [6.07, 6.45) is 3.29. The van der Waals surface area contributed by atoms with E-state index in [4.69, 9.17) is 9.47 Å². The second-order valence-corrected chi connectivity index (χ2v) is 7.72. The van der Waals surface area contributed by atoms with Crippen LogP contribution in [-0.4, -0.2) is 11.7 Å². The third-order valence-electron chi connectivity index (χ3n) is 2.92. The molecule has 114 valence electrons. The van der Waals surface area contributed by atoms with Gasteiger partial charge in [-0.1, -0.05) is 0 Å². The fraction of sp³-hybridized carbons (Fsp3) is 0.188. The summed E-state index contributed by atoms with van der Waals surface area (Å²) >= 11 is 4.95. The number of ether oxygens (including phenoxy) is 2. The lowest BCUT2D eigenvalue weighted by atomic mass is 10.2. The Morgan fingerprint density at radius 2 is 2.00 bits per heavy atom. The average Bonchev–Trinajstić information content (AvgIpc) is 2.97. The van der Waals surface area contributed by atoms with Crippen LogP contribution in [0.3, 0.4) is 0 Å². The van der Waals surface area contributed by atoms with Gasteiger partial charge in [0.1, 0.15) is 0 Å². The minimum Gasteiger partial charge on any atom is -0.449 e. The largest absolute Gasteiger partial charge is 0.449 e. The van der Waals surface area contributed by atoms with Gasteiger partial charge in [0.15, 0.2) is 11.5 Å². The predicted octanol–water partition coefficient (Wildman–Crippen LogP) is 4.67. The van der Waals surface area contributed by atoms with Crippen LogP contribution < -0.4 is 14.8 Å². The van der Waals surface area contributed by atoms with E-state index in [9.17, 15) is 4.79 Å². The Morgan fingerprint density at radius 1 is 1.23 bits per heavy atom. The minimum atomic E-state index is -0.669. The number of hydrogen-bond donors (Lipinski definition) is 1. The fourth-order valence-corrected chi connectivity index (χ4v) is 3.39. The summed E-state index contributed by atoms with van der Waals surface area (Å²) < 4.78 is 12.3. The molecule has 1 aliphatic heterocycles. The van der Waals surface area contributed by atoms with Crippen LogP contribution in [-0.2, 0) is 4.79 Å². The summed E-state index contributed by atoms with van der Waals surface area (Å²) in [6.45, 7) is 3.68. The second-order valence-electron chi connectivity index (χ2n) is 5.23. The zero-order valence-corrected chi connectivity index (χ0v) is 14.5. The van der Waals surface area contributed by atoms with Gasteiger partial charge in [-0.05, 0) is 46.3 Å². The highest BCUT2D eigenvalue weighted by molar-refractivity contribution is 9.11. The number of halogens is 1. The molecule has 0 radical (unpaired) electrons. The third kappa shape index (κ3) is 3.51. The Balaban J connectivity index is 1.67. The Morgan fingerprint density at radius 3 is 2.73 bits per heavy atom. The van der Waals surface area contributed by atoms with E-state index >= 15 is 0 Å². The number of anilines is 1. The van der Waals surface area contributed by atoms with E-state index in [1.807, 2.05) is 26.0 Å². The van der Waals surface area contributed by atoms with Crippen molar-refractivity contribution in [2.24, 2.45) is 0 Å². The molecule has 0 saturated carbocycles. The Bertz CT molecular complexity index is 752. The Labute approximate surface area is 140 Å². The standard InChI is InChI=1S/C16H14BrNO3S/c1-16(2)20-12-6-3-10(9-13(12)21-16)18-15(19)8-5-11-4-7-14(17)22-11/h3-9H,1-2H3,(H,18,19)/b8-5+. The molecule has 3 rings (SSSR count). The van der Waals surface area contributed by atoms with Crippen molar-refractivity contribution in [1.82, 2.24) is 0 Å². The number of fused-ring (bicyclic) bond motifs is 1. The SMILES string of the molecule is CC1(C)Oc2ccc(NC(=O)/C=C/c3ccc(Br)s3)cc2O1. The monoisotopic (exact) mass is 379 g/mol. The molecule has 1 amide bonds. The third-order valence-corrected chi connectivity index (χ3v) is 4.50. The quantitative estimate of drug-likeness (QED) is 0.788. The van der Waals surface area contributed by atoms with Gasteiger partial charge >= 0.3 is 0 Å². The van der Waals surface area contributed by atoms with Gasteiger partial charge in [-0.15, -0.1) is 11.3 Å². The molecule has 0 bridgehead atoms. The fourth-order valence-electron chi connectivity index (χ4n) is 2.06. The van der Waals surface area contributed by atoms with Gasteiger partial charge in [0.25, 0.3) is 0 Å². The van der Waals surface area contributed by atoms with Crippen LogP contribution in [0.4, 0.5) is 5.69 Å². The number of amides is 1. The van der Waals surface area contributed by atoms with E-state index in [1.165, 1.54) is 6.08 Å². The van der Waals surface area contributed by atoms with E-state index < -0.39 is 5.79 Å². The highest BCUT2D eigenvalue weighted by Gasteiger charge is 2.31. The molecule has 1 aromatic heterocycles. The highest BCUT2D eigenvalue weighted by Crippen LogP contribution is 2.40. The molecule has 0 spiro atoms. The van der Waals surface area contributed by atoms with Crippen molar-refractivity contribution in [3.63, 3.8) is 0 Å². The van der Waals surface area contributed by atoms with Crippen molar-refractivity contribution in [2.45, 2.75) is 19.6 Å². The van der Waals surface area contributed by atoms with Gasteiger partial charge in [0.2, 0.25) is 11.7 Å². The van der Waals surface area contributed by atoms with Gasteiger partial charge in [0, 0.05) is 36.6 Å². The van der Waals surface area contributed by atoms with Gasteiger partial charge in [0.05, 0.1) is 3.79 Å². The summed E-state index contributed by atoms with van der Waals surface area (Å²) in [4.78, 5) is 13.0. The molecule has 0 saturated heterocycles. The summed E-state index contributed by atoms with van der Waals surface area (Å²) in [7, 11) is 0. The second kappa shape index (κ2) is 5.78. The molecule has 0 unspecified atom stereocenters. The van der Waals surface area contributed by atoms with Crippen molar-refractivity contribution in [3.8, 4) is 11.5 Å². The van der Waals surface area contributed by atoms with Gasteiger partial charge in [-0.2, -0.15) is 0 Å². The number of carbonyl (C=O) groups is 1. The number of benzene rings is 1. The first-order valence-corrected chi connectivity index (χ1v) is 8.29. The summed E-state index contributed by atoms with van der Waals surface area (Å²) in [6, 6.07) is 9.23. The molecule has 4 nitrogen and oxygen atoms in total. The Kier molecular flexibility index (Phi) is 3.97. The number of nitrogens with one attached hydrogen (secondary N) is 1. The zero-order valence-electron chi connectivity index (χ0n) is 12.1. The molecule has 1 N–H and O–H groups in total. The maximum absolute atomic E-state index is 11.9. The van der Waals surface area contributed by atoms with Crippen LogP contribution >= 0.6 is 27.3 Å². The van der Waals surface area contributed by atoms with Crippen LogP contribution in [0, 0.1) is 0 Å². The van der Waals surface area contributed by atoms with Gasteiger partial charge in [-0.25, -0.2) is 0 Å². The molecule has 1 aliphatic rings. The Hall–Kier alpha value is -1.79. The minimum absolute atomic E-state index is 0.192. The van der Waals surface area contributed by atoms with Crippen LogP contribution in [0.2, 0.25) is 0 Å². The van der Waals surface area contributed by atoms with Crippen LogP contribution in [0.1, 0.15) is 18.7 Å². The van der Waals surface area contributed by atoms with E-state index in [2.05, 4.69) is 21.2 Å². The molecule has 6 heteroatoms. The van der Waals surface area contributed by atoms with Crippen molar-refractivity contribution in [1.29, 1.82) is 0 Å². The maximum Gasteiger partial charge on any atom is 0.248 e. The van der Waals surface area contributed by atoms with E-state index in [0.29, 0.717) is 17.2 Å². The normalized spacial score (nSPS) is 15.2. The van der Waals surface area contributed by atoms with Gasteiger partial charge in [-0.3, -0.25) is 4.79 Å². The number of carbonyl (C=O) groups excluding carboxylic acids is 1. The summed E-state index contributed by atoms with van der Waals surface area (Å²) in [5, 5.41) is 2.81. The molecule has 2 heterocycles. The average molecular weight is 380 g/mol. The van der Waals surface area contributed by atoms with E-state index in [0.717, 1.165) is 8.66 Å². The number of thiophene rings is 1. The van der Waals surface area contributed by atoms with Gasteiger partial charge < -0.3 is 14.8 Å². The predicted molar refractivity (Wildman–Crippen MR) is 91.5 cm³/mol. The molecule has 22 heavy (non-hydrogen) atoms. The van der Waals surface area contributed by atoms with Crippen LogP contribution in [0.25, 0.3) is 6.08 Å². The molecular formula is C16H14BrNO3S. The van der Waals surface area contributed by atoms with E-state index in [1.54, 1.807) is 35.6 Å². The molecule has 0 atom stereocenters. The van der Waals surface area contributed by atoms with Crippen LogP contribution in [0.5, 0.6) is 11.5 Å².